The molecular formula is C14H14N2O4. The number of ether oxygens (including phenoxy) is 1. The van der Waals surface area contributed by atoms with Gasteiger partial charge in [0.2, 0.25) is 0 Å². The number of cyclic esters (lactones) is 1. The van der Waals surface area contributed by atoms with Crippen molar-refractivity contribution in [3.63, 3.8) is 0 Å². The second kappa shape index (κ2) is 4.88. The Morgan fingerprint density at radius 2 is 2.25 bits per heavy atom. The molecule has 1 fully saturated rings. The fourth-order valence-electron chi connectivity index (χ4n) is 2.53. The van der Waals surface area contributed by atoms with Gasteiger partial charge in [-0.05, 0) is 11.6 Å². The minimum Gasteiger partial charge on any atom is -0.481 e. The van der Waals surface area contributed by atoms with E-state index in [9.17, 15) is 9.59 Å². The van der Waals surface area contributed by atoms with Crippen molar-refractivity contribution >= 4 is 23.0 Å². The number of para-hydroxylation sites is 1. The van der Waals surface area contributed by atoms with E-state index in [1.807, 2.05) is 35.0 Å². The van der Waals surface area contributed by atoms with Crippen LogP contribution in [0.15, 0.2) is 30.5 Å². The Kier molecular flexibility index (Phi) is 3.06. The van der Waals surface area contributed by atoms with Gasteiger partial charge in [-0.15, -0.1) is 0 Å². The van der Waals surface area contributed by atoms with E-state index in [-0.39, 0.29) is 12.5 Å². The summed E-state index contributed by atoms with van der Waals surface area (Å²) < 4.78 is 7.06. The molecule has 2 heterocycles. The number of fused-ring (bicyclic) bond motifs is 1. The molecule has 0 aliphatic carbocycles. The van der Waals surface area contributed by atoms with Crippen LogP contribution in [0.1, 0.15) is 5.56 Å². The van der Waals surface area contributed by atoms with E-state index < -0.39 is 12.1 Å². The van der Waals surface area contributed by atoms with Gasteiger partial charge in [-0.2, -0.15) is 0 Å². The predicted octanol–water partition coefficient (Wildman–Crippen LogP) is 1.38. The van der Waals surface area contributed by atoms with Gasteiger partial charge in [0, 0.05) is 17.1 Å². The lowest BCUT2D eigenvalue weighted by Crippen LogP contribution is -2.20. The molecule has 0 bridgehead atoms. The van der Waals surface area contributed by atoms with Crippen LogP contribution in [-0.2, 0) is 22.5 Å². The Hall–Kier alpha value is -2.50. The molecule has 2 aromatic rings. The zero-order valence-corrected chi connectivity index (χ0v) is 10.7. The van der Waals surface area contributed by atoms with E-state index in [0.717, 1.165) is 16.5 Å². The third kappa shape index (κ3) is 2.32. The molecule has 1 amide bonds. The van der Waals surface area contributed by atoms with Crippen LogP contribution in [0.25, 0.3) is 10.9 Å². The average Bonchev–Trinajstić information content (AvgIpc) is 2.95. The van der Waals surface area contributed by atoms with E-state index >= 15 is 0 Å². The van der Waals surface area contributed by atoms with Crippen LogP contribution in [0, 0.1) is 0 Å². The van der Waals surface area contributed by atoms with Crippen molar-refractivity contribution in [2.75, 3.05) is 6.54 Å². The van der Waals surface area contributed by atoms with Crippen molar-refractivity contribution in [2.45, 2.75) is 19.1 Å². The topological polar surface area (TPSA) is 80.6 Å². The number of hydrogen-bond acceptors (Lipinski definition) is 3. The number of nitrogens with one attached hydrogen (secondary N) is 1. The molecule has 1 aliphatic rings. The van der Waals surface area contributed by atoms with Crippen molar-refractivity contribution in [2.24, 2.45) is 0 Å². The molecular weight excluding hydrogens is 260 g/mol. The minimum absolute atomic E-state index is 0.0176. The first-order valence-corrected chi connectivity index (χ1v) is 6.36. The number of rotatable bonds is 4. The van der Waals surface area contributed by atoms with Crippen molar-refractivity contribution < 1.29 is 19.4 Å². The second-order valence-electron chi connectivity index (χ2n) is 4.80. The maximum Gasteiger partial charge on any atom is 0.407 e. The number of alkyl carbamates (subject to hydrolysis) is 1. The highest BCUT2D eigenvalue weighted by Gasteiger charge is 2.23. The van der Waals surface area contributed by atoms with Crippen LogP contribution in [0.3, 0.4) is 0 Å². The lowest BCUT2D eigenvalue weighted by atomic mass is 10.1. The SMILES string of the molecule is O=C(O)Cc1cn(CC2CNC(=O)O2)c2ccccc12. The van der Waals surface area contributed by atoms with Gasteiger partial charge in [0.1, 0.15) is 6.10 Å². The van der Waals surface area contributed by atoms with Gasteiger partial charge in [0.05, 0.1) is 19.5 Å². The van der Waals surface area contributed by atoms with Crippen molar-refractivity contribution in [3.05, 3.63) is 36.0 Å². The number of nitrogens with zero attached hydrogens (tertiary/aromatic N) is 1. The van der Waals surface area contributed by atoms with Crippen LogP contribution in [-0.4, -0.2) is 34.4 Å². The largest absolute Gasteiger partial charge is 0.481 e. The molecule has 6 nitrogen and oxygen atoms in total. The molecule has 3 rings (SSSR count). The first-order valence-electron chi connectivity index (χ1n) is 6.36. The van der Waals surface area contributed by atoms with Gasteiger partial charge in [-0.25, -0.2) is 4.79 Å². The van der Waals surface area contributed by atoms with Crippen LogP contribution >= 0.6 is 0 Å². The summed E-state index contributed by atoms with van der Waals surface area (Å²) in [5.74, 6) is -0.859. The summed E-state index contributed by atoms with van der Waals surface area (Å²) in [4.78, 5) is 22.0. The van der Waals surface area contributed by atoms with Crippen molar-refractivity contribution in [1.29, 1.82) is 0 Å². The molecule has 2 N–H and O–H groups in total. The van der Waals surface area contributed by atoms with Crippen LogP contribution in [0.4, 0.5) is 4.79 Å². The maximum absolute atomic E-state index is 11.0. The summed E-state index contributed by atoms with van der Waals surface area (Å²) in [7, 11) is 0. The number of carbonyl (C=O) groups is 2. The Morgan fingerprint density at radius 1 is 1.45 bits per heavy atom. The molecule has 1 aromatic heterocycles. The maximum atomic E-state index is 11.0. The van der Waals surface area contributed by atoms with E-state index in [1.54, 1.807) is 0 Å². The molecule has 1 atom stereocenters. The number of amides is 1. The summed E-state index contributed by atoms with van der Waals surface area (Å²) in [6, 6.07) is 7.63. The number of hydrogen-bond donors (Lipinski definition) is 2. The van der Waals surface area contributed by atoms with Gasteiger partial charge < -0.3 is 19.7 Å². The van der Waals surface area contributed by atoms with Gasteiger partial charge in [-0.1, -0.05) is 18.2 Å². The lowest BCUT2D eigenvalue weighted by molar-refractivity contribution is -0.136. The molecule has 104 valence electrons. The molecule has 1 saturated heterocycles. The fraction of sp³-hybridized carbons (Fsp3) is 0.286. The number of benzene rings is 1. The zero-order valence-electron chi connectivity index (χ0n) is 10.7. The standard InChI is InChI=1S/C14H14N2O4/c17-13(18)5-9-7-16(8-10-6-15-14(19)20-10)12-4-2-1-3-11(9)12/h1-4,7,10H,5-6,8H2,(H,15,19)(H,17,18). The Bertz CT molecular complexity index is 677. The van der Waals surface area contributed by atoms with Crippen LogP contribution < -0.4 is 5.32 Å². The van der Waals surface area contributed by atoms with E-state index in [1.165, 1.54) is 0 Å². The van der Waals surface area contributed by atoms with E-state index in [4.69, 9.17) is 9.84 Å². The lowest BCUT2D eigenvalue weighted by Gasteiger charge is -2.10. The quantitative estimate of drug-likeness (QED) is 0.882. The Balaban J connectivity index is 1.94. The monoisotopic (exact) mass is 274 g/mol. The predicted molar refractivity (Wildman–Crippen MR) is 71.5 cm³/mol. The first kappa shape index (κ1) is 12.5. The highest BCUT2D eigenvalue weighted by atomic mass is 16.6. The summed E-state index contributed by atoms with van der Waals surface area (Å²) in [5, 5.41) is 12.5. The molecule has 0 spiro atoms. The highest BCUT2D eigenvalue weighted by molar-refractivity contribution is 5.87. The number of carboxylic acid groups (broad SMARTS) is 1. The second-order valence-corrected chi connectivity index (χ2v) is 4.80. The number of carboxylic acids is 1. The molecule has 0 saturated carbocycles. The van der Waals surface area contributed by atoms with Crippen molar-refractivity contribution in [1.82, 2.24) is 9.88 Å². The Morgan fingerprint density at radius 3 is 2.95 bits per heavy atom. The third-order valence-corrected chi connectivity index (χ3v) is 3.36. The summed E-state index contributed by atoms with van der Waals surface area (Å²) in [5.41, 5.74) is 1.72. The highest BCUT2D eigenvalue weighted by Crippen LogP contribution is 2.22. The van der Waals surface area contributed by atoms with Gasteiger partial charge in [0.15, 0.2) is 0 Å². The normalized spacial score (nSPS) is 18.0. The molecule has 1 aromatic carbocycles. The van der Waals surface area contributed by atoms with Crippen molar-refractivity contribution in [3.8, 4) is 0 Å². The van der Waals surface area contributed by atoms with E-state index in [2.05, 4.69) is 5.32 Å². The third-order valence-electron chi connectivity index (χ3n) is 3.36. The number of carbonyl (C=O) groups excluding carboxylic acids is 1. The van der Waals surface area contributed by atoms with Gasteiger partial charge in [0.25, 0.3) is 0 Å². The van der Waals surface area contributed by atoms with Crippen LogP contribution in [0.5, 0.6) is 0 Å². The molecule has 6 heteroatoms. The molecule has 1 aliphatic heterocycles. The number of aliphatic carboxylic acids is 1. The zero-order chi connectivity index (χ0) is 14.1. The van der Waals surface area contributed by atoms with Gasteiger partial charge in [-0.3, -0.25) is 4.79 Å². The summed E-state index contributed by atoms with van der Waals surface area (Å²) in [6.07, 6.45) is 1.18. The molecule has 0 radical (unpaired) electrons. The average molecular weight is 274 g/mol. The molecule has 1 unspecified atom stereocenters. The fourth-order valence-corrected chi connectivity index (χ4v) is 2.53. The summed E-state index contributed by atoms with van der Waals surface area (Å²) >= 11 is 0. The van der Waals surface area contributed by atoms with Crippen LogP contribution in [0.2, 0.25) is 0 Å². The van der Waals surface area contributed by atoms with Gasteiger partial charge >= 0.3 is 12.1 Å². The molecule has 20 heavy (non-hydrogen) atoms. The Labute approximate surface area is 114 Å². The number of aromatic nitrogens is 1. The van der Waals surface area contributed by atoms with E-state index in [0.29, 0.717) is 13.1 Å². The first-order chi connectivity index (χ1) is 9.63. The smallest absolute Gasteiger partial charge is 0.407 e. The minimum atomic E-state index is -0.859. The summed E-state index contributed by atoms with van der Waals surface area (Å²) in [6.45, 7) is 0.985.